The van der Waals surface area contributed by atoms with E-state index in [1.807, 2.05) is 59.3 Å². The van der Waals surface area contributed by atoms with Gasteiger partial charge in [0.2, 0.25) is 0 Å². The van der Waals surface area contributed by atoms with Gasteiger partial charge in [-0.15, -0.1) is 0 Å². The van der Waals surface area contributed by atoms with Crippen molar-refractivity contribution in [2.45, 2.75) is 77.6 Å². The van der Waals surface area contributed by atoms with Crippen molar-refractivity contribution in [1.29, 1.82) is 0 Å². The summed E-state index contributed by atoms with van der Waals surface area (Å²) in [5, 5.41) is 2.14. The Balaban J connectivity index is 1.16. The molecular weight excluding hydrogens is 793 g/mol. The smallest absolute Gasteiger partial charge is 0.269 e. The van der Waals surface area contributed by atoms with E-state index in [9.17, 15) is 5.48 Å². The molecule has 0 unspecified atom stereocenters. The standard InChI is InChI=1S/C60H54N4O/c1-58(2,3)42-30-33-61-56(34-42)64-52-27-15-14-24-48(52)49-29-28-45(36-53(49)64)65-44-23-16-22-43(35-44)62-39-63(55-38-51-50(37-54(55)62)59(4,5)31-32-60(51,6)7)57-46(40-18-10-8-11-19-40)25-17-26-47(57)41-20-12-9-13-21-41/h8-30,33-38H,31-32H2,1-7H3/i8D,9D,10D,11D,12D,13D,18D,19D,20D,21D. The highest BCUT2D eigenvalue weighted by Crippen LogP contribution is 2.47. The molecule has 11 rings (SSSR count). The number of para-hydroxylation sites is 2. The third-order valence-corrected chi connectivity index (χ3v) is 13.2. The van der Waals surface area contributed by atoms with Gasteiger partial charge in [-0.1, -0.05) is 151 Å². The number of hydrogen-bond donors (Lipinski definition) is 0. The monoisotopic (exact) mass is 856 g/mol. The predicted molar refractivity (Wildman–Crippen MR) is 267 cm³/mol. The lowest BCUT2D eigenvalue weighted by atomic mass is 9.63. The van der Waals surface area contributed by atoms with Gasteiger partial charge in [0.1, 0.15) is 17.3 Å². The molecule has 1 aliphatic carbocycles. The van der Waals surface area contributed by atoms with Crippen LogP contribution in [0.1, 0.15) is 91.7 Å². The maximum atomic E-state index is 9.21. The first-order chi connectivity index (χ1) is 35.5. The van der Waals surface area contributed by atoms with Gasteiger partial charge in [-0.25, -0.2) is 4.98 Å². The van der Waals surface area contributed by atoms with Gasteiger partial charge < -0.3 is 4.74 Å². The minimum atomic E-state index is -0.559. The van der Waals surface area contributed by atoms with Crippen LogP contribution in [0.4, 0.5) is 0 Å². The van der Waals surface area contributed by atoms with E-state index in [1.165, 1.54) is 0 Å². The molecule has 0 aliphatic heterocycles. The van der Waals surface area contributed by atoms with E-state index in [1.54, 1.807) is 22.8 Å². The van der Waals surface area contributed by atoms with Gasteiger partial charge in [0.15, 0.2) is 0 Å². The number of rotatable bonds is 7. The molecule has 3 heterocycles. The fourth-order valence-corrected chi connectivity index (χ4v) is 9.57. The molecule has 0 amide bonds. The SMILES string of the molecule is [2H]c1c([2H])c([2H])c(-c2cccc(-c3c([2H])c([2H])c([2H])c([2H])c3[2H])c2-[n+]2[c-]n(-c3cccc(Oc4ccc5c6ccccc6n(-c6cc(C(C)(C)C)ccn6)c5c4)c3)c3cc4c(cc32)C(C)(C)CCC4(C)C)c([2H])c1[2H]. The second-order valence-corrected chi connectivity index (χ2v) is 19.4. The van der Waals surface area contributed by atoms with Crippen molar-refractivity contribution < 1.29 is 23.0 Å². The van der Waals surface area contributed by atoms with Gasteiger partial charge >= 0.3 is 0 Å². The molecule has 320 valence electrons. The molecule has 0 saturated heterocycles. The number of benzene rings is 7. The zero-order valence-corrected chi connectivity index (χ0v) is 37.6. The van der Waals surface area contributed by atoms with Crippen LogP contribution in [0.2, 0.25) is 0 Å². The van der Waals surface area contributed by atoms with E-state index in [0.717, 1.165) is 62.7 Å². The lowest BCUT2D eigenvalue weighted by Gasteiger charge is -2.42. The molecule has 5 nitrogen and oxygen atoms in total. The van der Waals surface area contributed by atoms with Crippen molar-refractivity contribution in [2.24, 2.45) is 0 Å². The second kappa shape index (κ2) is 15.2. The number of nitrogens with zero attached hydrogens (tertiary/aromatic N) is 4. The molecule has 7 aromatic carbocycles. The van der Waals surface area contributed by atoms with Gasteiger partial charge in [-0.2, -0.15) is 0 Å². The summed E-state index contributed by atoms with van der Waals surface area (Å²) in [5.41, 5.74) is 7.11. The first-order valence-electron chi connectivity index (χ1n) is 27.1. The first kappa shape index (κ1) is 30.8. The Morgan fingerprint density at radius 2 is 1.26 bits per heavy atom. The van der Waals surface area contributed by atoms with Crippen LogP contribution in [-0.4, -0.2) is 14.1 Å². The highest BCUT2D eigenvalue weighted by Gasteiger charge is 2.38. The van der Waals surface area contributed by atoms with Crippen LogP contribution in [0.15, 0.2) is 176 Å². The zero-order valence-electron chi connectivity index (χ0n) is 47.6. The molecule has 10 aromatic rings. The van der Waals surface area contributed by atoms with Crippen molar-refractivity contribution >= 4 is 32.8 Å². The molecule has 0 spiro atoms. The maximum absolute atomic E-state index is 9.21. The van der Waals surface area contributed by atoms with Crippen LogP contribution < -0.4 is 9.30 Å². The Bertz CT molecular complexity index is 3910. The zero-order chi connectivity index (χ0) is 53.4. The van der Waals surface area contributed by atoms with E-state index in [4.69, 9.17) is 17.9 Å². The van der Waals surface area contributed by atoms with E-state index in [-0.39, 0.29) is 44.2 Å². The van der Waals surface area contributed by atoms with Crippen LogP contribution in [0.3, 0.4) is 0 Å². The van der Waals surface area contributed by atoms with Crippen LogP contribution in [-0.2, 0) is 16.2 Å². The van der Waals surface area contributed by atoms with Crippen LogP contribution in [0, 0.1) is 6.33 Å². The molecule has 0 atom stereocenters. The second-order valence-electron chi connectivity index (χ2n) is 19.4. The number of aromatic nitrogens is 4. The molecule has 65 heavy (non-hydrogen) atoms. The summed E-state index contributed by atoms with van der Waals surface area (Å²) in [4.78, 5) is 4.86. The van der Waals surface area contributed by atoms with Crippen molar-refractivity contribution in [2.75, 3.05) is 0 Å². The summed E-state index contributed by atoms with van der Waals surface area (Å²) in [6, 6.07) is 30.3. The van der Waals surface area contributed by atoms with Crippen molar-refractivity contribution in [3.05, 3.63) is 199 Å². The molecule has 1 aliphatic rings. The Hall–Kier alpha value is -7.24. The summed E-state index contributed by atoms with van der Waals surface area (Å²) in [7, 11) is 0. The Labute approximate surface area is 396 Å². The number of pyridine rings is 1. The van der Waals surface area contributed by atoms with E-state index >= 15 is 0 Å². The minimum Gasteiger partial charge on any atom is -0.458 e. The van der Waals surface area contributed by atoms with E-state index < -0.39 is 60.4 Å². The quantitative estimate of drug-likeness (QED) is 0.118. The average Bonchev–Trinajstić information content (AvgIpc) is 3.95. The molecule has 0 bridgehead atoms. The molecule has 0 radical (unpaired) electrons. The topological polar surface area (TPSA) is 35.9 Å². The molecular formula is C60H54N4O. The Kier molecular flexibility index (Phi) is 7.20. The fraction of sp³-hybridized carbons (Fsp3) is 0.200. The molecule has 3 aromatic heterocycles. The summed E-state index contributed by atoms with van der Waals surface area (Å²) >= 11 is 0. The van der Waals surface area contributed by atoms with E-state index in [0.29, 0.717) is 22.7 Å². The predicted octanol–water partition coefficient (Wildman–Crippen LogP) is 15.0. The van der Waals surface area contributed by atoms with Crippen molar-refractivity contribution in [3.63, 3.8) is 0 Å². The largest absolute Gasteiger partial charge is 0.458 e. The van der Waals surface area contributed by atoms with Gasteiger partial charge in [-0.3, -0.25) is 13.7 Å². The van der Waals surface area contributed by atoms with Gasteiger partial charge in [0, 0.05) is 23.0 Å². The highest BCUT2D eigenvalue weighted by molar-refractivity contribution is 6.09. The third kappa shape index (κ3) is 7.02. The van der Waals surface area contributed by atoms with Crippen LogP contribution >= 0.6 is 0 Å². The van der Waals surface area contributed by atoms with Crippen LogP contribution in [0.5, 0.6) is 11.5 Å². The molecule has 0 fully saturated rings. The molecule has 0 saturated carbocycles. The normalized spacial score (nSPS) is 16.7. The molecule has 5 heteroatoms. The molecule has 0 N–H and O–H groups in total. The van der Waals surface area contributed by atoms with Crippen molar-refractivity contribution in [1.82, 2.24) is 14.1 Å². The van der Waals surface area contributed by atoms with Gasteiger partial charge in [0.25, 0.3) is 6.33 Å². The third-order valence-electron chi connectivity index (χ3n) is 13.2. The summed E-state index contributed by atoms with van der Waals surface area (Å²) in [6.45, 7) is 15.5. The summed E-state index contributed by atoms with van der Waals surface area (Å²) < 4.78 is 101. The minimum absolute atomic E-state index is 0.0933. The maximum Gasteiger partial charge on any atom is 0.269 e. The van der Waals surface area contributed by atoms with E-state index in [2.05, 4.69) is 102 Å². The number of imidazole rings is 1. The lowest BCUT2D eigenvalue weighted by molar-refractivity contribution is -0.571. The fourth-order valence-electron chi connectivity index (χ4n) is 9.57. The summed E-state index contributed by atoms with van der Waals surface area (Å²) in [6.07, 6.45) is 7.31. The number of hydrogen-bond acceptors (Lipinski definition) is 2. The Morgan fingerprint density at radius 1 is 0.631 bits per heavy atom. The summed E-state index contributed by atoms with van der Waals surface area (Å²) in [5.74, 6) is 1.93. The highest BCUT2D eigenvalue weighted by atomic mass is 16.5. The van der Waals surface area contributed by atoms with Gasteiger partial charge in [-0.05, 0) is 129 Å². The average molecular weight is 857 g/mol. The Morgan fingerprint density at radius 3 is 1.95 bits per heavy atom. The van der Waals surface area contributed by atoms with Crippen molar-refractivity contribution in [3.8, 4) is 50.9 Å². The number of ether oxygens (including phenoxy) is 1. The number of fused-ring (bicyclic) bond motifs is 5. The van der Waals surface area contributed by atoms with Gasteiger partial charge in [0.05, 0.1) is 47.1 Å². The lowest BCUT2D eigenvalue weighted by Crippen LogP contribution is -2.35. The first-order valence-corrected chi connectivity index (χ1v) is 22.1. The van der Waals surface area contributed by atoms with Crippen LogP contribution in [0.25, 0.3) is 72.3 Å².